The van der Waals surface area contributed by atoms with Crippen LogP contribution in [0, 0.1) is 11.6 Å². The number of benzene rings is 1. The van der Waals surface area contributed by atoms with E-state index in [9.17, 15) is 8.78 Å². The number of methoxy groups -OCH3 is 1. The molecule has 0 aliphatic heterocycles. The summed E-state index contributed by atoms with van der Waals surface area (Å²) < 4.78 is 35.9. The molecule has 0 amide bonds. The molecular formula is C11H15F2NO2. The van der Waals surface area contributed by atoms with Crippen molar-refractivity contribution in [1.82, 2.24) is 0 Å². The van der Waals surface area contributed by atoms with Gasteiger partial charge in [-0.2, -0.15) is 0 Å². The summed E-state index contributed by atoms with van der Waals surface area (Å²) in [5, 5.41) is 2.75. The Morgan fingerprint density at radius 3 is 2.75 bits per heavy atom. The summed E-state index contributed by atoms with van der Waals surface area (Å²) in [6.07, 6.45) is 0. The third-order valence-corrected chi connectivity index (χ3v) is 1.95. The van der Waals surface area contributed by atoms with Crippen LogP contribution in [0.1, 0.15) is 0 Å². The number of nitrogens with one attached hydrogen (secondary N) is 1. The van der Waals surface area contributed by atoms with Crippen molar-refractivity contribution < 1.29 is 18.3 Å². The van der Waals surface area contributed by atoms with E-state index >= 15 is 0 Å². The fourth-order valence-electron chi connectivity index (χ4n) is 1.14. The zero-order chi connectivity index (χ0) is 11.8. The molecule has 0 atom stereocenters. The first kappa shape index (κ1) is 12.9. The molecule has 0 radical (unpaired) electrons. The highest BCUT2D eigenvalue weighted by molar-refractivity contribution is 5.44. The summed E-state index contributed by atoms with van der Waals surface area (Å²) in [6, 6.07) is 4.01. The van der Waals surface area contributed by atoms with Crippen LogP contribution in [0.25, 0.3) is 0 Å². The highest BCUT2D eigenvalue weighted by Gasteiger charge is 2.05. The van der Waals surface area contributed by atoms with E-state index < -0.39 is 11.6 Å². The van der Waals surface area contributed by atoms with Crippen molar-refractivity contribution in [3.8, 4) is 0 Å². The molecule has 0 fully saturated rings. The van der Waals surface area contributed by atoms with Crippen molar-refractivity contribution >= 4 is 5.69 Å². The van der Waals surface area contributed by atoms with Crippen LogP contribution in [-0.2, 0) is 9.47 Å². The van der Waals surface area contributed by atoms with Crippen molar-refractivity contribution in [2.75, 3.05) is 38.8 Å². The van der Waals surface area contributed by atoms with Crippen LogP contribution >= 0.6 is 0 Å². The van der Waals surface area contributed by atoms with Gasteiger partial charge in [0.2, 0.25) is 0 Å². The summed E-state index contributed by atoms with van der Waals surface area (Å²) in [4.78, 5) is 0. The molecule has 1 aromatic carbocycles. The first-order valence-electron chi connectivity index (χ1n) is 5.00. The molecule has 0 spiro atoms. The van der Waals surface area contributed by atoms with Gasteiger partial charge in [0.1, 0.15) is 0 Å². The molecule has 0 aromatic heterocycles. The van der Waals surface area contributed by atoms with E-state index in [1.165, 1.54) is 12.1 Å². The standard InChI is InChI=1S/C11H15F2NO2/c1-15-7-8-16-6-5-14-10-4-2-3-9(12)11(10)13/h2-4,14H,5-8H2,1H3. The molecule has 0 unspecified atom stereocenters. The number of anilines is 1. The highest BCUT2D eigenvalue weighted by Crippen LogP contribution is 2.15. The van der Waals surface area contributed by atoms with Gasteiger partial charge in [-0.05, 0) is 12.1 Å². The van der Waals surface area contributed by atoms with E-state index in [2.05, 4.69) is 5.32 Å². The summed E-state index contributed by atoms with van der Waals surface area (Å²) in [5.74, 6) is -1.72. The third kappa shape index (κ3) is 4.12. The Morgan fingerprint density at radius 2 is 2.00 bits per heavy atom. The Bertz CT molecular complexity index is 321. The first-order chi connectivity index (χ1) is 7.75. The lowest BCUT2D eigenvalue weighted by Crippen LogP contribution is -2.12. The fraction of sp³-hybridized carbons (Fsp3) is 0.455. The van der Waals surface area contributed by atoms with E-state index in [1.54, 1.807) is 7.11 Å². The Balaban J connectivity index is 2.24. The van der Waals surface area contributed by atoms with Crippen molar-refractivity contribution in [3.05, 3.63) is 29.8 Å². The van der Waals surface area contributed by atoms with Crippen LogP contribution in [0.2, 0.25) is 0 Å². The third-order valence-electron chi connectivity index (χ3n) is 1.95. The molecule has 0 saturated heterocycles. The predicted molar refractivity (Wildman–Crippen MR) is 57.5 cm³/mol. The smallest absolute Gasteiger partial charge is 0.181 e. The molecule has 0 aliphatic rings. The quantitative estimate of drug-likeness (QED) is 0.728. The molecule has 3 nitrogen and oxygen atoms in total. The molecule has 1 aromatic rings. The number of hydrogen-bond acceptors (Lipinski definition) is 3. The molecule has 1 rings (SSSR count). The van der Waals surface area contributed by atoms with Gasteiger partial charge in [-0.3, -0.25) is 0 Å². The molecular weight excluding hydrogens is 216 g/mol. The van der Waals surface area contributed by atoms with Gasteiger partial charge >= 0.3 is 0 Å². The topological polar surface area (TPSA) is 30.5 Å². The van der Waals surface area contributed by atoms with Gasteiger partial charge in [0, 0.05) is 13.7 Å². The Hall–Kier alpha value is -1.20. The Morgan fingerprint density at radius 1 is 1.19 bits per heavy atom. The fourth-order valence-corrected chi connectivity index (χ4v) is 1.14. The zero-order valence-electron chi connectivity index (χ0n) is 9.13. The summed E-state index contributed by atoms with van der Waals surface area (Å²) in [6.45, 7) is 1.85. The second-order valence-corrected chi connectivity index (χ2v) is 3.13. The van der Waals surface area contributed by atoms with E-state index in [4.69, 9.17) is 9.47 Å². The molecule has 0 heterocycles. The minimum absolute atomic E-state index is 0.148. The molecule has 5 heteroatoms. The lowest BCUT2D eigenvalue weighted by atomic mass is 10.3. The normalized spacial score (nSPS) is 10.4. The first-order valence-corrected chi connectivity index (χ1v) is 5.00. The molecule has 0 saturated carbocycles. The average molecular weight is 231 g/mol. The lowest BCUT2D eigenvalue weighted by Gasteiger charge is -2.08. The monoisotopic (exact) mass is 231 g/mol. The van der Waals surface area contributed by atoms with E-state index in [-0.39, 0.29) is 5.69 Å². The van der Waals surface area contributed by atoms with E-state index in [0.717, 1.165) is 6.07 Å². The van der Waals surface area contributed by atoms with Crippen molar-refractivity contribution in [3.63, 3.8) is 0 Å². The van der Waals surface area contributed by atoms with Crippen LogP contribution in [-0.4, -0.2) is 33.5 Å². The van der Waals surface area contributed by atoms with E-state index in [1.807, 2.05) is 0 Å². The Labute approximate surface area is 93.4 Å². The van der Waals surface area contributed by atoms with Gasteiger partial charge in [0.15, 0.2) is 11.6 Å². The molecule has 16 heavy (non-hydrogen) atoms. The zero-order valence-corrected chi connectivity index (χ0v) is 9.13. The molecule has 90 valence electrons. The van der Waals surface area contributed by atoms with Gasteiger partial charge in [0.05, 0.1) is 25.5 Å². The molecule has 1 N–H and O–H groups in total. The maximum atomic E-state index is 13.1. The maximum absolute atomic E-state index is 13.1. The van der Waals surface area contributed by atoms with Gasteiger partial charge in [0.25, 0.3) is 0 Å². The summed E-state index contributed by atoms with van der Waals surface area (Å²) in [5.41, 5.74) is 0.148. The van der Waals surface area contributed by atoms with Gasteiger partial charge < -0.3 is 14.8 Å². The second kappa shape index (κ2) is 7.14. The Kier molecular flexibility index (Phi) is 5.74. The van der Waals surface area contributed by atoms with Crippen LogP contribution < -0.4 is 5.32 Å². The van der Waals surface area contributed by atoms with Gasteiger partial charge in [-0.15, -0.1) is 0 Å². The molecule has 0 bridgehead atoms. The van der Waals surface area contributed by atoms with Crippen molar-refractivity contribution in [2.45, 2.75) is 0 Å². The number of rotatable bonds is 7. The van der Waals surface area contributed by atoms with Crippen molar-refractivity contribution in [2.24, 2.45) is 0 Å². The van der Waals surface area contributed by atoms with Gasteiger partial charge in [-0.25, -0.2) is 8.78 Å². The maximum Gasteiger partial charge on any atom is 0.181 e. The summed E-state index contributed by atoms with van der Waals surface area (Å²) in [7, 11) is 1.59. The highest BCUT2D eigenvalue weighted by atomic mass is 19.2. The van der Waals surface area contributed by atoms with Crippen LogP contribution in [0.15, 0.2) is 18.2 Å². The van der Waals surface area contributed by atoms with Crippen LogP contribution in [0.3, 0.4) is 0 Å². The van der Waals surface area contributed by atoms with Crippen molar-refractivity contribution in [1.29, 1.82) is 0 Å². The second-order valence-electron chi connectivity index (χ2n) is 3.13. The number of halogens is 2. The average Bonchev–Trinajstić information content (AvgIpc) is 2.29. The minimum Gasteiger partial charge on any atom is -0.382 e. The van der Waals surface area contributed by atoms with Crippen LogP contribution in [0.4, 0.5) is 14.5 Å². The minimum atomic E-state index is -0.862. The molecule has 0 aliphatic carbocycles. The van der Waals surface area contributed by atoms with Crippen LogP contribution in [0.5, 0.6) is 0 Å². The number of hydrogen-bond donors (Lipinski definition) is 1. The number of ether oxygens (including phenoxy) is 2. The van der Waals surface area contributed by atoms with E-state index in [0.29, 0.717) is 26.4 Å². The predicted octanol–water partition coefficient (Wildman–Crippen LogP) is 2.04. The largest absolute Gasteiger partial charge is 0.382 e. The SMILES string of the molecule is COCCOCCNc1cccc(F)c1F. The lowest BCUT2D eigenvalue weighted by molar-refractivity contribution is 0.0759. The summed E-state index contributed by atoms with van der Waals surface area (Å²) >= 11 is 0. The van der Waals surface area contributed by atoms with Gasteiger partial charge in [-0.1, -0.05) is 6.07 Å².